The number of rotatable bonds is 28. The van der Waals surface area contributed by atoms with Gasteiger partial charge in [-0.25, -0.2) is 0 Å². The first-order chi connectivity index (χ1) is 20.7. The average Bonchev–Trinajstić information content (AvgIpc) is 2.99. The van der Waals surface area contributed by atoms with Crippen LogP contribution in [0.2, 0.25) is 0 Å². The van der Waals surface area contributed by atoms with Gasteiger partial charge >= 0.3 is 0 Å². The van der Waals surface area contributed by atoms with Crippen molar-refractivity contribution in [1.29, 1.82) is 0 Å². The van der Waals surface area contributed by atoms with Crippen molar-refractivity contribution < 1.29 is 15.0 Å². The van der Waals surface area contributed by atoms with Crippen molar-refractivity contribution in [3.05, 3.63) is 85.1 Å². The van der Waals surface area contributed by atoms with Crippen LogP contribution >= 0.6 is 0 Å². The van der Waals surface area contributed by atoms with Crippen LogP contribution in [0.5, 0.6) is 0 Å². The van der Waals surface area contributed by atoms with Crippen molar-refractivity contribution in [2.75, 3.05) is 6.61 Å². The lowest BCUT2D eigenvalue weighted by molar-refractivity contribution is -0.122. The standard InChI is InChI=1S/C38H63NO3/c1-3-5-7-9-11-13-15-16-17-18-19-20-21-22-24-26-28-30-32-34-38(42)39-36(35-40)37(41)33-31-29-27-25-23-14-12-10-8-6-4-2/h5,7,11,13,16-17,19-20,22,24,28,30-31,33,36-37,40-41H,3-4,6,8-10,12,14-15,18,21,23,25-27,29,32,34-35H2,1-2H3,(H,39,42)/b7-5-,13-11-,17-16-,20-19-,24-22-,30-28-,33-31+. The summed E-state index contributed by atoms with van der Waals surface area (Å²) in [5, 5.41) is 22.7. The normalized spacial score (nSPS) is 14.3. The Morgan fingerprint density at radius 2 is 1.05 bits per heavy atom. The van der Waals surface area contributed by atoms with Gasteiger partial charge in [0.15, 0.2) is 0 Å². The lowest BCUT2D eigenvalue weighted by Gasteiger charge is -2.19. The fraction of sp³-hybridized carbons (Fsp3) is 0.605. The Kier molecular flexibility index (Phi) is 31.2. The number of unbranched alkanes of at least 4 members (excludes halogenated alkanes) is 9. The molecule has 42 heavy (non-hydrogen) atoms. The van der Waals surface area contributed by atoms with Gasteiger partial charge in [-0.1, -0.05) is 150 Å². The number of allylic oxidation sites excluding steroid dienone is 13. The Hall–Kier alpha value is -2.43. The summed E-state index contributed by atoms with van der Waals surface area (Å²) in [5.41, 5.74) is 0. The lowest BCUT2D eigenvalue weighted by atomic mass is 10.1. The number of carbonyl (C=O) groups is 1. The molecule has 2 atom stereocenters. The summed E-state index contributed by atoms with van der Waals surface area (Å²) >= 11 is 0. The summed E-state index contributed by atoms with van der Waals surface area (Å²) in [5.74, 6) is -0.153. The molecule has 0 aromatic heterocycles. The van der Waals surface area contributed by atoms with E-state index in [0.717, 1.165) is 51.4 Å². The highest BCUT2D eigenvalue weighted by Crippen LogP contribution is 2.11. The van der Waals surface area contributed by atoms with E-state index in [0.29, 0.717) is 12.8 Å². The van der Waals surface area contributed by atoms with Crippen LogP contribution in [0, 0.1) is 0 Å². The largest absolute Gasteiger partial charge is 0.394 e. The maximum atomic E-state index is 12.2. The number of aliphatic hydroxyl groups is 2. The van der Waals surface area contributed by atoms with Gasteiger partial charge in [-0.15, -0.1) is 0 Å². The summed E-state index contributed by atoms with van der Waals surface area (Å²) in [4.78, 5) is 12.2. The van der Waals surface area contributed by atoms with Gasteiger partial charge in [0.05, 0.1) is 18.8 Å². The summed E-state index contributed by atoms with van der Waals surface area (Å²) in [6.07, 6.45) is 48.1. The Morgan fingerprint density at radius 3 is 1.52 bits per heavy atom. The fourth-order valence-corrected chi connectivity index (χ4v) is 4.31. The topological polar surface area (TPSA) is 69.6 Å². The molecular weight excluding hydrogens is 518 g/mol. The van der Waals surface area contributed by atoms with Crippen molar-refractivity contribution in [2.24, 2.45) is 0 Å². The number of carbonyl (C=O) groups excluding carboxylic acids is 1. The zero-order valence-electron chi connectivity index (χ0n) is 27.0. The predicted octanol–water partition coefficient (Wildman–Crippen LogP) is 9.78. The lowest BCUT2D eigenvalue weighted by Crippen LogP contribution is -2.45. The molecule has 0 aliphatic rings. The van der Waals surface area contributed by atoms with E-state index < -0.39 is 12.1 Å². The number of hydrogen-bond donors (Lipinski definition) is 3. The van der Waals surface area contributed by atoms with Gasteiger partial charge in [0.25, 0.3) is 0 Å². The van der Waals surface area contributed by atoms with Crippen LogP contribution in [-0.4, -0.2) is 34.9 Å². The Bertz CT molecular complexity index is 803. The van der Waals surface area contributed by atoms with Crippen LogP contribution in [0.25, 0.3) is 0 Å². The SMILES string of the molecule is CC/C=C\C/C=C\C/C=C\C/C=C\C/C=C\C/C=C\CCC(=O)NC(CO)C(O)/C=C/CCCCCCCCCCC. The third-order valence-electron chi connectivity index (χ3n) is 6.90. The van der Waals surface area contributed by atoms with E-state index in [1.54, 1.807) is 6.08 Å². The molecule has 0 radical (unpaired) electrons. The zero-order valence-corrected chi connectivity index (χ0v) is 27.0. The molecule has 0 aliphatic heterocycles. The summed E-state index contributed by atoms with van der Waals surface area (Å²) < 4.78 is 0. The molecule has 0 heterocycles. The molecule has 0 saturated heterocycles. The van der Waals surface area contributed by atoms with E-state index >= 15 is 0 Å². The van der Waals surface area contributed by atoms with Gasteiger partial charge < -0.3 is 15.5 Å². The molecule has 3 N–H and O–H groups in total. The van der Waals surface area contributed by atoms with Gasteiger partial charge in [0, 0.05) is 6.42 Å². The second kappa shape index (κ2) is 33.1. The minimum absolute atomic E-state index is 0.153. The third-order valence-corrected chi connectivity index (χ3v) is 6.90. The van der Waals surface area contributed by atoms with Gasteiger partial charge in [0.2, 0.25) is 5.91 Å². The second-order valence-electron chi connectivity index (χ2n) is 10.8. The molecular formula is C38H63NO3. The predicted molar refractivity (Wildman–Crippen MR) is 183 cm³/mol. The second-order valence-corrected chi connectivity index (χ2v) is 10.8. The van der Waals surface area contributed by atoms with Crippen molar-refractivity contribution >= 4 is 5.91 Å². The van der Waals surface area contributed by atoms with E-state index in [1.165, 1.54) is 51.4 Å². The fourth-order valence-electron chi connectivity index (χ4n) is 4.31. The van der Waals surface area contributed by atoms with E-state index in [-0.39, 0.29) is 12.5 Å². The van der Waals surface area contributed by atoms with E-state index in [9.17, 15) is 15.0 Å². The first kappa shape index (κ1) is 39.6. The molecule has 0 fully saturated rings. The summed E-state index contributed by atoms with van der Waals surface area (Å²) in [6, 6.07) is -0.665. The molecule has 4 nitrogen and oxygen atoms in total. The first-order valence-electron chi connectivity index (χ1n) is 16.8. The molecule has 0 aromatic rings. The monoisotopic (exact) mass is 581 g/mol. The van der Waals surface area contributed by atoms with Crippen LogP contribution in [0.3, 0.4) is 0 Å². The molecule has 4 heteroatoms. The number of aliphatic hydroxyl groups excluding tert-OH is 2. The average molecular weight is 582 g/mol. The maximum absolute atomic E-state index is 12.2. The molecule has 238 valence electrons. The third kappa shape index (κ3) is 29.1. The Morgan fingerprint density at radius 1 is 0.595 bits per heavy atom. The van der Waals surface area contributed by atoms with Crippen molar-refractivity contribution in [2.45, 2.75) is 142 Å². The van der Waals surface area contributed by atoms with Crippen molar-refractivity contribution in [3.63, 3.8) is 0 Å². The number of hydrogen-bond acceptors (Lipinski definition) is 3. The van der Waals surface area contributed by atoms with Crippen molar-refractivity contribution in [1.82, 2.24) is 5.32 Å². The van der Waals surface area contributed by atoms with Crippen LogP contribution in [-0.2, 0) is 4.79 Å². The van der Waals surface area contributed by atoms with Gasteiger partial charge in [-0.05, 0) is 57.8 Å². The smallest absolute Gasteiger partial charge is 0.220 e. The molecule has 0 spiro atoms. The molecule has 0 saturated carbocycles. The van der Waals surface area contributed by atoms with Crippen LogP contribution in [0.1, 0.15) is 129 Å². The highest BCUT2D eigenvalue weighted by atomic mass is 16.3. The number of nitrogens with one attached hydrogen (secondary N) is 1. The highest BCUT2D eigenvalue weighted by Gasteiger charge is 2.17. The molecule has 0 aromatic carbocycles. The molecule has 2 unspecified atom stereocenters. The van der Waals surface area contributed by atoms with Crippen molar-refractivity contribution in [3.8, 4) is 0 Å². The van der Waals surface area contributed by atoms with E-state index in [1.807, 2.05) is 12.2 Å². The van der Waals surface area contributed by atoms with Gasteiger partial charge in [-0.2, -0.15) is 0 Å². The minimum Gasteiger partial charge on any atom is -0.394 e. The number of amides is 1. The van der Waals surface area contributed by atoms with Crippen LogP contribution in [0.4, 0.5) is 0 Å². The molecule has 0 aliphatic carbocycles. The molecule has 0 bridgehead atoms. The quantitative estimate of drug-likeness (QED) is 0.0636. The van der Waals surface area contributed by atoms with Crippen LogP contribution in [0.15, 0.2) is 85.1 Å². The highest BCUT2D eigenvalue weighted by molar-refractivity contribution is 5.76. The maximum Gasteiger partial charge on any atom is 0.220 e. The van der Waals surface area contributed by atoms with Crippen LogP contribution < -0.4 is 5.32 Å². The Balaban J connectivity index is 3.86. The van der Waals surface area contributed by atoms with Gasteiger partial charge in [-0.3, -0.25) is 4.79 Å². The van der Waals surface area contributed by atoms with E-state index in [4.69, 9.17) is 0 Å². The summed E-state index contributed by atoms with van der Waals surface area (Å²) in [6.45, 7) is 4.11. The first-order valence-corrected chi connectivity index (χ1v) is 16.8. The minimum atomic E-state index is -0.872. The van der Waals surface area contributed by atoms with Gasteiger partial charge in [0.1, 0.15) is 0 Å². The van der Waals surface area contributed by atoms with E-state index in [2.05, 4.69) is 86.0 Å². The summed E-state index contributed by atoms with van der Waals surface area (Å²) in [7, 11) is 0. The zero-order chi connectivity index (χ0) is 30.8. The molecule has 0 rings (SSSR count). The Labute approximate surface area is 259 Å². The molecule has 1 amide bonds.